The minimum Gasteiger partial charge on any atom is -0.326 e. The minimum atomic E-state index is 0.0582. The molecule has 1 heterocycles. The highest BCUT2D eigenvalue weighted by atomic mass is 15.2. The van der Waals surface area contributed by atoms with Gasteiger partial charge in [0.05, 0.1) is 6.04 Å². The number of rotatable bonds is 6. The van der Waals surface area contributed by atoms with E-state index >= 15 is 0 Å². The summed E-state index contributed by atoms with van der Waals surface area (Å²) in [6, 6.07) is 14.8. The fraction of sp³-hybridized carbons (Fsp3) is 0.353. The SMILES string of the molecule is CCN(Cc1ccccc1)C(c1cccnc1)C(C)N. The Morgan fingerprint density at radius 1 is 1.15 bits per heavy atom. The number of hydrogen-bond donors (Lipinski definition) is 1. The molecule has 3 nitrogen and oxygen atoms in total. The zero-order chi connectivity index (χ0) is 14.4. The summed E-state index contributed by atoms with van der Waals surface area (Å²) >= 11 is 0. The van der Waals surface area contributed by atoms with Crippen LogP contribution >= 0.6 is 0 Å². The molecule has 2 aromatic rings. The summed E-state index contributed by atoms with van der Waals surface area (Å²) in [6.07, 6.45) is 3.72. The van der Waals surface area contributed by atoms with Gasteiger partial charge < -0.3 is 5.73 Å². The van der Waals surface area contributed by atoms with Gasteiger partial charge >= 0.3 is 0 Å². The molecule has 0 aliphatic rings. The summed E-state index contributed by atoms with van der Waals surface area (Å²) in [7, 11) is 0. The number of likely N-dealkylation sites (N-methyl/N-ethyl adjacent to an activating group) is 1. The van der Waals surface area contributed by atoms with Gasteiger partial charge in [-0.15, -0.1) is 0 Å². The van der Waals surface area contributed by atoms with Crippen LogP contribution in [0.15, 0.2) is 54.9 Å². The van der Waals surface area contributed by atoms with Crippen LogP contribution in [-0.2, 0) is 6.54 Å². The number of hydrogen-bond acceptors (Lipinski definition) is 3. The van der Waals surface area contributed by atoms with E-state index in [1.807, 2.05) is 18.3 Å². The van der Waals surface area contributed by atoms with Crippen molar-refractivity contribution in [1.82, 2.24) is 9.88 Å². The summed E-state index contributed by atoms with van der Waals surface area (Å²) in [4.78, 5) is 6.63. The summed E-state index contributed by atoms with van der Waals surface area (Å²) < 4.78 is 0. The van der Waals surface area contributed by atoms with Gasteiger partial charge in [0.15, 0.2) is 0 Å². The van der Waals surface area contributed by atoms with Crippen molar-refractivity contribution in [2.75, 3.05) is 6.54 Å². The van der Waals surface area contributed by atoms with E-state index in [9.17, 15) is 0 Å². The maximum absolute atomic E-state index is 6.23. The highest BCUT2D eigenvalue weighted by Gasteiger charge is 2.23. The standard InChI is InChI=1S/C17H23N3/c1-3-20(13-15-8-5-4-6-9-15)17(14(2)18)16-10-7-11-19-12-16/h4-12,14,17H,3,13,18H2,1-2H3. The van der Waals surface area contributed by atoms with Crippen LogP contribution in [0.5, 0.6) is 0 Å². The zero-order valence-electron chi connectivity index (χ0n) is 12.2. The summed E-state index contributed by atoms with van der Waals surface area (Å²) in [5.41, 5.74) is 8.72. The maximum Gasteiger partial charge on any atom is 0.0515 e. The van der Waals surface area contributed by atoms with Gasteiger partial charge in [-0.1, -0.05) is 43.3 Å². The van der Waals surface area contributed by atoms with E-state index < -0.39 is 0 Å². The second kappa shape index (κ2) is 7.17. The predicted molar refractivity (Wildman–Crippen MR) is 83.2 cm³/mol. The van der Waals surface area contributed by atoms with Gasteiger partial charge in [0.1, 0.15) is 0 Å². The van der Waals surface area contributed by atoms with Crippen molar-refractivity contribution in [1.29, 1.82) is 0 Å². The summed E-state index contributed by atoms with van der Waals surface area (Å²) in [5.74, 6) is 0. The molecule has 0 spiro atoms. The molecule has 2 N–H and O–H groups in total. The smallest absolute Gasteiger partial charge is 0.0515 e. The number of nitrogens with zero attached hydrogens (tertiary/aromatic N) is 2. The molecule has 1 aromatic heterocycles. The van der Waals surface area contributed by atoms with E-state index in [0.29, 0.717) is 0 Å². The van der Waals surface area contributed by atoms with Gasteiger partial charge in [-0.3, -0.25) is 9.88 Å². The third-order valence-corrected chi connectivity index (χ3v) is 3.55. The van der Waals surface area contributed by atoms with E-state index in [2.05, 4.69) is 54.1 Å². The molecule has 2 unspecified atom stereocenters. The fourth-order valence-electron chi connectivity index (χ4n) is 2.62. The number of pyridine rings is 1. The Balaban J connectivity index is 2.22. The molecule has 2 rings (SSSR count). The van der Waals surface area contributed by atoms with Crippen molar-refractivity contribution in [2.45, 2.75) is 32.5 Å². The number of aromatic nitrogens is 1. The van der Waals surface area contributed by atoms with Crippen molar-refractivity contribution >= 4 is 0 Å². The Hall–Kier alpha value is -1.71. The van der Waals surface area contributed by atoms with Crippen LogP contribution in [0.4, 0.5) is 0 Å². The molecule has 20 heavy (non-hydrogen) atoms. The minimum absolute atomic E-state index is 0.0582. The Kier molecular flexibility index (Phi) is 5.27. The molecule has 0 radical (unpaired) electrons. The van der Waals surface area contributed by atoms with Crippen LogP contribution in [0.1, 0.15) is 31.0 Å². The van der Waals surface area contributed by atoms with E-state index in [1.54, 1.807) is 6.20 Å². The van der Waals surface area contributed by atoms with Gasteiger partial charge in [-0.25, -0.2) is 0 Å². The highest BCUT2D eigenvalue weighted by Crippen LogP contribution is 2.24. The molecule has 0 aliphatic heterocycles. The largest absolute Gasteiger partial charge is 0.326 e. The molecule has 0 saturated heterocycles. The Labute approximate surface area is 121 Å². The van der Waals surface area contributed by atoms with Gasteiger partial charge in [-0.05, 0) is 30.7 Å². The second-order valence-corrected chi connectivity index (χ2v) is 5.14. The van der Waals surface area contributed by atoms with Gasteiger partial charge in [0, 0.05) is 25.0 Å². The van der Waals surface area contributed by atoms with Crippen LogP contribution in [0.3, 0.4) is 0 Å². The van der Waals surface area contributed by atoms with E-state index in [1.165, 1.54) is 11.1 Å². The predicted octanol–water partition coefficient (Wildman–Crippen LogP) is 2.99. The van der Waals surface area contributed by atoms with Crippen LogP contribution in [-0.4, -0.2) is 22.5 Å². The molecular formula is C17H23N3. The first-order valence-corrected chi connectivity index (χ1v) is 7.16. The lowest BCUT2D eigenvalue weighted by molar-refractivity contribution is 0.176. The molecule has 1 aromatic carbocycles. The van der Waals surface area contributed by atoms with Crippen LogP contribution in [0, 0.1) is 0 Å². The Morgan fingerprint density at radius 2 is 1.90 bits per heavy atom. The normalized spacial score (nSPS) is 14.2. The quantitative estimate of drug-likeness (QED) is 0.876. The van der Waals surface area contributed by atoms with Gasteiger partial charge in [0.2, 0.25) is 0 Å². The van der Waals surface area contributed by atoms with Crippen molar-refractivity contribution in [3.05, 3.63) is 66.0 Å². The molecule has 0 fully saturated rings. The first-order valence-electron chi connectivity index (χ1n) is 7.16. The van der Waals surface area contributed by atoms with Gasteiger partial charge in [0.25, 0.3) is 0 Å². The van der Waals surface area contributed by atoms with Crippen LogP contribution < -0.4 is 5.73 Å². The van der Waals surface area contributed by atoms with Crippen molar-refractivity contribution in [2.24, 2.45) is 5.73 Å². The summed E-state index contributed by atoms with van der Waals surface area (Å²) in [6.45, 7) is 6.09. The molecule has 2 atom stereocenters. The van der Waals surface area contributed by atoms with Gasteiger partial charge in [-0.2, -0.15) is 0 Å². The lowest BCUT2D eigenvalue weighted by Crippen LogP contribution is -2.39. The maximum atomic E-state index is 6.23. The lowest BCUT2D eigenvalue weighted by Gasteiger charge is -2.33. The first kappa shape index (κ1) is 14.7. The van der Waals surface area contributed by atoms with E-state index in [-0.39, 0.29) is 12.1 Å². The zero-order valence-corrected chi connectivity index (χ0v) is 12.2. The molecule has 106 valence electrons. The molecule has 0 saturated carbocycles. The van der Waals surface area contributed by atoms with Crippen molar-refractivity contribution in [3.8, 4) is 0 Å². The molecule has 0 bridgehead atoms. The highest BCUT2D eigenvalue weighted by molar-refractivity contribution is 5.18. The Morgan fingerprint density at radius 3 is 2.45 bits per heavy atom. The fourth-order valence-corrected chi connectivity index (χ4v) is 2.62. The molecule has 0 amide bonds. The average molecular weight is 269 g/mol. The van der Waals surface area contributed by atoms with Crippen molar-refractivity contribution in [3.63, 3.8) is 0 Å². The summed E-state index contributed by atoms with van der Waals surface area (Å²) in [5, 5.41) is 0. The van der Waals surface area contributed by atoms with E-state index in [4.69, 9.17) is 5.73 Å². The number of nitrogens with two attached hydrogens (primary N) is 1. The van der Waals surface area contributed by atoms with Crippen LogP contribution in [0.25, 0.3) is 0 Å². The Bertz CT molecular complexity index is 496. The van der Waals surface area contributed by atoms with E-state index in [0.717, 1.165) is 13.1 Å². The molecule has 3 heteroatoms. The molecule has 0 aliphatic carbocycles. The third kappa shape index (κ3) is 3.65. The average Bonchev–Trinajstić information content (AvgIpc) is 2.48. The molecular weight excluding hydrogens is 246 g/mol. The van der Waals surface area contributed by atoms with Crippen molar-refractivity contribution < 1.29 is 0 Å². The monoisotopic (exact) mass is 269 g/mol. The lowest BCUT2D eigenvalue weighted by atomic mass is 10.00. The first-order chi connectivity index (χ1) is 9.72. The van der Waals surface area contributed by atoms with Crippen LogP contribution in [0.2, 0.25) is 0 Å². The number of benzene rings is 1. The third-order valence-electron chi connectivity index (χ3n) is 3.55. The second-order valence-electron chi connectivity index (χ2n) is 5.14. The topological polar surface area (TPSA) is 42.2 Å².